The minimum absolute atomic E-state index is 0.138. The largest absolute Gasteiger partial charge is 0.465 e. The van der Waals surface area contributed by atoms with Crippen LogP contribution < -0.4 is 15.4 Å². The minimum Gasteiger partial charge on any atom is -0.465 e. The van der Waals surface area contributed by atoms with Crippen LogP contribution in [-0.4, -0.2) is 30.4 Å². The van der Waals surface area contributed by atoms with Crippen molar-refractivity contribution in [1.29, 1.82) is 0 Å². The van der Waals surface area contributed by atoms with Gasteiger partial charge in [-0.3, -0.25) is 0 Å². The molecule has 0 spiro atoms. The van der Waals surface area contributed by atoms with E-state index in [0.717, 1.165) is 0 Å². The summed E-state index contributed by atoms with van der Waals surface area (Å²) in [5.74, 6) is 0.436. The summed E-state index contributed by atoms with van der Waals surface area (Å²) >= 11 is 0. The Hall–Kier alpha value is -2.24. The summed E-state index contributed by atoms with van der Waals surface area (Å²) in [7, 11) is 0. The van der Waals surface area contributed by atoms with Gasteiger partial charge in [0.25, 0.3) is 0 Å². The highest BCUT2D eigenvalue weighted by atomic mass is 16.6. The molecule has 0 saturated carbocycles. The van der Waals surface area contributed by atoms with Crippen LogP contribution in [0, 0.1) is 0 Å². The second kappa shape index (κ2) is 6.28. The lowest BCUT2D eigenvalue weighted by molar-refractivity contribution is 0.191. The van der Waals surface area contributed by atoms with Crippen LogP contribution in [0.25, 0.3) is 0 Å². The predicted octanol–water partition coefficient (Wildman–Crippen LogP) is 1.04. The third kappa shape index (κ3) is 4.85. The molecule has 0 heterocycles. The standard InChI is InChI=1S/C10H12N2O4/c13-9(14)11-6-7-12-10(15)16-8-4-2-1-3-5-8/h1-5,11H,6-7H2,(H,12,15)(H,13,14). The summed E-state index contributed by atoms with van der Waals surface area (Å²) in [5, 5.41) is 12.8. The van der Waals surface area contributed by atoms with Gasteiger partial charge in [-0.2, -0.15) is 0 Å². The highest BCUT2D eigenvalue weighted by molar-refractivity contribution is 5.70. The van der Waals surface area contributed by atoms with Crippen molar-refractivity contribution in [3.05, 3.63) is 30.3 Å². The van der Waals surface area contributed by atoms with Gasteiger partial charge in [0.1, 0.15) is 5.75 Å². The zero-order valence-corrected chi connectivity index (χ0v) is 8.47. The third-order valence-corrected chi connectivity index (χ3v) is 1.62. The van der Waals surface area contributed by atoms with Crippen molar-refractivity contribution in [2.24, 2.45) is 0 Å². The summed E-state index contributed by atoms with van der Waals surface area (Å²) in [4.78, 5) is 21.2. The van der Waals surface area contributed by atoms with Crippen molar-refractivity contribution in [2.75, 3.05) is 13.1 Å². The summed E-state index contributed by atoms with van der Waals surface area (Å²) in [5.41, 5.74) is 0. The van der Waals surface area contributed by atoms with E-state index in [2.05, 4.69) is 10.6 Å². The number of benzene rings is 1. The van der Waals surface area contributed by atoms with E-state index in [1.54, 1.807) is 24.3 Å². The zero-order chi connectivity index (χ0) is 11.8. The Morgan fingerprint density at radius 3 is 2.38 bits per heavy atom. The zero-order valence-electron chi connectivity index (χ0n) is 8.47. The van der Waals surface area contributed by atoms with E-state index in [-0.39, 0.29) is 13.1 Å². The van der Waals surface area contributed by atoms with Gasteiger partial charge in [-0.15, -0.1) is 0 Å². The van der Waals surface area contributed by atoms with Gasteiger partial charge in [-0.05, 0) is 12.1 Å². The van der Waals surface area contributed by atoms with Gasteiger partial charge in [0.05, 0.1) is 0 Å². The molecule has 86 valence electrons. The molecule has 16 heavy (non-hydrogen) atoms. The SMILES string of the molecule is O=C(O)NCCNC(=O)Oc1ccccc1. The van der Waals surface area contributed by atoms with Crippen LogP contribution in [0.4, 0.5) is 9.59 Å². The molecule has 0 aliphatic heterocycles. The second-order valence-electron chi connectivity index (χ2n) is 2.86. The quantitative estimate of drug-likeness (QED) is 0.667. The molecule has 0 aliphatic rings. The Morgan fingerprint density at radius 1 is 1.12 bits per heavy atom. The maximum atomic E-state index is 11.1. The van der Waals surface area contributed by atoms with E-state index in [9.17, 15) is 9.59 Å². The van der Waals surface area contributed by atoms with Crippen LogP contribution in [0.3, 0.4) is 0 Å². The number of carbonyl (C=O) groups is 2. The summed E-state index contributed by atoms with van der Waals surface area (Å²) < 4.78 is 4.90. The van der Waals surface area contributed by atoms with E-state index >= 15 is 0 Å². The van der Waals surface area contributed by atoms with Crippen molar-refractivity contribution in [3.63, 3.8) is 0 Å². The van der Waals surface area contributed by atoms with E-state index in [1.165, 1.54) is 0 Å². The number of ether oxygens (including phenoxy) is 1. The molecule has 0 aliphatic carbocycles. The molecule has 0 saturated heterocycles. The third-order valence-electron chi connectivity index (χ3n) is 1.62. The number of para-hydroxylation sites is 1. The fraction of sp³-hybridized carbons (Fsp3) is 0.200. The molecule has 3 N–H and O–H groups in total. The smallest absolute Gasteiger partial charge is 0.412 e. The molecule has 2 amide bonds. The van der Waals surface area contributed by atoms with Gasteiger partial charge in [-0.25, -0.2) is 9.59 Å². The molecule has 1 aromatic rings. The normalized spacial score (nSPS) is 9.25. The van der Waals surface area contributed by atoms with Crippen LogP contribution in [0.5, 0.6) is 5.75 Å². The Labute approximate surface area is 92.2 Å². The predicted molar refractivity (Wildman–Crippen MR) is 56.5 cm³/mol. The molecule has 6 nitrogen and oxygen atoms in total. The molecular weight excluding hydrogens is 212 g/mol. The lowest BCUT2D eigenvalue weighted by Crippen LogP contribution is -2.35. The van der Waals surface area contributed by atoms with Crippen LogP contribution >= 0.6 is 0 Å². The topological polar surface area (TPSA) is 87.7 Å². The number of nitrogens with one attached hydrogen (secondary N) is 2. The highest BCUT2D eigenvalue weighted by Gasteiger charge is 2.02. The Kier molecular flexibility index (Phi) is 4.65. The number of hydrogen-bond acceptors (Lipinski definition) is 3. The van der Waals surface area contributed by atoms with Crippen molar-refractivity contribution < 1.29 is 19.4 Å². The molecule has 0 radical (unpaired) electrons. The van der Waals surface area contributed by atoms with Crippen LogP contribution in [0.2, 0.25) is 0 Å². The molecule has 1 aromatic carbocycles. The number of amides is 2. The first-order valence-corrected chi connectivity index (χ1v) is 4.66. The summed E-state index contributed by atoms with van der Waals surface area (Å²) in [6.45, 7) is 0.317. The molecular formula is C10H12N2O4. The van der Waals surface area contributed by atoms with E-state index in [4.69, 9.17) is 9.84 Å². The van der Waals surface area contributed by atoms with Gasteiger partial charge in [0.15, 0.2) is 0 Å². The van der Waals surface area contributed by atoms with Gasteiger partial charge in [0.2, 0.25) is 0 Å². The van der Waals surface area contributed by atoms with E-state index < -0.39 is 12.2 Å². The average molecular weight is 224 g/mol. The first-order chi connectivity index (χ1) is 7.68. The molecule has 0 atom stereocenters. The summed E-state index contributed by atoms with van der Waals surface area (Å²) in [6.07, 6.45) is -1.74. The second-order valence-corrected chi connectivity index (χ2v) is 2.86. The fourth-order valence-electron chi connectivity index (χ4n) is 0.966. The van der Waals surface area contributed by atoms with Crippen molar-refractivity contribution in [1.82, 2.24) is 10.6 Å². The number of hydrogen-bond donors (Lipinski definition) is 3. The summed E-state index contributed by atoms with van der Waals surface area (Å²) in [6, 6.07) is 8.59. The first-order valence-electron chi connectivity index (χ1n) is 4.66. The lowest BCUT2D eigenvalue weighted by atomic mass is 10.3. The first kappa shape index (κ1) is 11.8. The van der Waals surface area contributed by atoms with Gasteiger partial charge < -0.3 is 20.5 Å². The number of carboxylic acid groups (broad SMARTS) is 1. The Balaban J connectivity index is 2.19. The van der Waals surface area contributed by atoms with Gasteiger partial charge >= 0.3 is 12.2 Å². The number of rotatable bonds is 4. The molecule has 0 unspecified atom stereocenters. The highest BCUT2D eigenvalue weighted by Crippen LogP contribution is 2.07. The van der Waals surface area contributed by atoms with E-state index in [0.29, 0.717) is 5.75 Å². The molecule has 0 fully saturated rings. The number of carbonyl (C=O) groups excluding carboxylic acids is 1. The van der Waals surface area contributed by atoms with Crippen LogP contribution in [0.15, 0.2) is 30.3 Å². The van der Waals surface area contributed by atoms with E-state index in [1.807, 2.05) is 6.07 Å². The maximum Gasteiger partial charge on any atom is 0.412 e. The van der Waals surface area contributed by atoms with Crippen molar-refractivity contribution in [2.45, 2.75) is 0 Å². The maximum absolute atomic E-state index is 11.1. The van der Waals surface area contributed by atoms with Gasteiger partial charge in [-0.1, -0.05) is 18.2 Å². The average Bonchev–Trinajstić information content (AvgIpc) is 2.25. The monoisotopic (exact) mass is 224 g/mol. The fourth-order valence-corrected chi connectivity index (χ4v) is 0.966. The van der Waals surface area contributed by atoms with Crippen LogP contribution in [0.1, 0.15) is 0 Å². The molecule has 1 rings (SSSR count). The van der Waals surface area contributed by atoms with Crippen molar-refractivity contribution in [3.8, 4) is 5.75 Å². The lowest BCUT2D eigenvalue weighted by Gasteiger charge is -2.05. The van der Waals surface area contributed by atoms with Crippen LogP contribution in [-0.2, 0) is 0 Å². The van der Waals surface area contributed by atoms with Crippen molar-refractivity contribution >= 4 is 12.2 Å². The molecule has 0 aromatic heterocycles. The molecule has 0 bridgehead atoms. The Bertz CT molecular complexity index is 353. The Morgan fingerprint density at radius 2 is 1.75 bits per heavy atom. The van der Waals surface area contributed by atoms with Gasteiger partial charge in [0, 0.05) is 13.1 Å². The molecule has 6 heteroatoms. The minimum atomic E-state index is -1.13.